The molecule has 0 saturated carbocycles. The Bertz CT molecular complexity index is 261. The molecule has 0 atom stereocenters. The highest BCUT2D eigenvalue weighted by Gasteiger charge is 2.38. The van der Waals surface area contributed by atoms with Gasteiger partial charge in [-0.3, -0.25) is 0 Å². The van der Waals surface area contributed by atoms with Gasteiger partial charge in [0.2, 0.25) is 12.0 Å². The molecule has 0 aliphatic rings. The number of nitrogens with zero attached hydrogens (tertiary/aromatic N) is 2. The standard InChI is InChI=1S/C6H8F3N2/c1-10-3-5(6(7,8)9)11(2)4-10/h3-4H,1-2H3/q+1. The van der Waals surface area contributed by atoms with E-state index in [2.05, 4.69) is 0 Å². The van der Waals surface area contributed by atoms with Crippen molar-refractivity contribution in [1.29, 1.82) is 0 Å². The maximum atomic E-state index is 12.0. The van der Waals surface area contributed by atoms with E-state index in [-0.39, 0.29) is 0 Å². The number of rotatable bonds is 0. The van der Waals surface area contributed by atoms with Crippen LogP contribution >= 0.6 is 0 Å². The van der Waals surface area contributed by atoms with Crippen molar-refractivity contribution in [2.75, 3.05) is 0 Å². The van der Waals surface area contributed by atoms with Gasteiger partial charge in [0, 0.05) is 0 Å². The maximum absolute atomic E-state index is 12.0. The number of halogens is 3. The molecule has 2 nitrogen and oxygen atoms in total. The molecule has 62 valence electrons. The molecule has 0 fully saturated rings. The van der Waals surface area contributed by atoms with E-state index < -0.39 is 11.9 Å². The Morgan fingerprint density at radius 1 is 1.45 bits per heavy atom. The summed E-state index contributed by atoms with van der Waals surface area (Å²) in [4.78, 5) is 0. The van der Waals surface area contributed by atoms with Crippen LogP contribution in [0.2, 0.25) is 0 Å². The molecule has 0 amide bonds. The van der Waals surface area contributed by atoms with Crippen molar-refractivity contribution >= 4 is 0 Å². The molecule has 5 heteroatoms. The molecule has 1 rings (SSSR count). The van der Waals surface area contributed by atoms with Gasteiger partial charge in [-0.2, -0.15) is 13.2 Å². The minimum Gasteiger partial charge on any atom is -0.239 e. The van der Waals surface area contributed by atoms with Crippen LogP contribution < -0.4 is 4.57 Å². The quantitative estimate of drug-likeness (QED) is 0.504. The van der Waals surface area contributed by atoms with Gasteiger partial charge in [0.1, 0.15) is 6.20 Å². The van der Waals surface area contributed by atoms with Gasteiger partial charge in [-0.25, -0.2) is 9.13 Å². The predicted molar refractivity (Wildman–Crippen MR) is 31.6 cm³/mol. The van der Waals surface area contributed by atoms with Gasteiger partial charge in [0.25, 0.3) is 0 Å². The molecule has 1 aromatic heterocycles. The number of hydrogen-bond acceptors (Lipinski definition) is 0. The van der Waals surface area contributed by atoms with Crippen LogP contribution in [0.5, 0.6) is 0 Å². The summed E-state index contributed by atoms with van der Waals surface area (Å²) >= 11 is 0. The van der Waals surface area contributed by atoms with Crippen molar-refractivity contribution in [1.82, 2.24) is 4.57 Å². The number of hydrogen-bond donors (Lipinski definition) is 0. The van der Waals surface area contributed by atoms with Crippen LogP contribution in [0.4, 0.5) is 13.2 Å². The Morgan fingerprint density at radius 2 is 2.00 bits per heavy atom. The normalized spacial score (nSPS) is 12.1. The molecule has 0 aliphatic carbocycles. The monoisotopic (exact) mass is 165 g/mol. The molecule has 0 aliphatic heterocycles. The maximum Gasteiger partial charge on any atom is 0.457 e. The lowest BCUT2D eigenvalue weighted by molar-refractivity contribution is -0.671. The molecular weight excluding hydrogens is 157 g/mol. The van der Waals surface area contributed by atoms with Gasteiger partial charge in [-0.15, -0.1) is 0 Å². The highest BCUT2D eigenvalue weighted by molar-refractivity contribution is 4.97. The number of alkyl halides is 3. The van der Waals surface area contributed by atoms with Crippen molar-refractivity contribution in [3.8, 4) is 0 Å². The minimum atomic E-state index is -4.25. The van der Waals surface area contributed by atoms with E-state index in [4.69, 9.17) is 0 Å². The Kier molecular flexibility index (Phi) is 1.66. The SMILES string of the molecule is Cn1c[n+](C)cc1C(F)(F)F. The van der Waals surface area contributed by atoms with Crippen LogP contribution in [-0.4, -0.2) is 4.57 Å². The Labute approximate surface area is 61.9 Å². The average Bonchev–Trinajstić information content (AvgIpc) is 2.08. The first-order valence-electron chi connectivity index (χ1n) is 3.00. The highest BCUT2D eigenvalue weighted by atomic mass is 19.4. The van der Waals surface area contributed by atoms with Gasteiger partial charge < -0.3 is 0 Å². The van der Waals surface area contributed by atoms with Crippen LogP contribution in [0.15, 0.2) is 12.5 Å². The summed E-state index contributed by atoms with van der Waals surface area (Å²) in [5.74, 6) is 0. The fourth-order valence-corrected chi connectivity index (χ4v) is 0.926. The van der Waals surface area contributed by atoms with Crippen LogP contribution in [0.25, 0.3) is 0 Å². The van der Waals surface area contributed by atoms with Crippen molar-refractivity contribution in [2.45, 2.75) is 6.18 Å². The summed E-state index contributed by atoms with van der Waals surface area (Å²) < 4.78 is 38.5. The summed E-state index contributed by atoms with van der Waals surface area (Å²) in [7, 11) is 2.91. The first kappa shape index (κ1) is 8.10. The van der Waals surface area contributed by atoms with E-state index in [1.54, 1.807) is 7.05 Å². The lowest BCUT2D eigenvalue weighted by Gasteiger charge is -1.99. The molecule has 0 radical (unpaired) electrons. The van der Waals surface area contributed by atoms with E-state index in [9.17, 15) is 13.2 Å². The molecule has 0 spiro atoms. The second-order valence-electron chi connectivity index (χ2n) is 2.40. The Hall–Kier alpha value is -1.00. The predicted octanol–water partition coefficient (Wildman–Crippen LogP) is 0.868. The lowest BCUT2D eigenvalue weighted by Crippen LogP contribution is -2.23. The van der Waals surface area contributed by atoms with Gasteiger partial charge in [0.05, 0.1) is 14.1 Å². The summed E-state index contributed by atoms with van der Waals surface area (Å²) in [6.07, 6.45) is -1.85. The van der Waals surface area contributed by atoms with Crippen molar-refractivity contribution in [3.63, 3.8) is 0 Å². The molecular formula is C6H8F3N2+. The molecule has 11 heavy (non-hydrogen) atoms. The Morgan fingerprint density at radius 3 is 2.18 bits per heavy atom. The zero-order valence-corrected chi connectivity index (χ0v) is 6.18. The third-order valence-electron chi connectivity index (χ3n) is 1.35. The number of aromatic nitrogens is 2. The average molecular weight is 165 g/mol. The first-order chi connectivity index (χ1) is 4.91. The highest BCUT2D eigenvalue weighted by Crippen LogP contribution is 2.27. The van der Waals surface area contributed by atoms with Crippen molar-refractivity contribution in [3.05, 3.63) is 18.2 Å². The topological polar surface area (TPSA) is 8.81 Å². The molecule has 1 aromatic rings. The number of imidazole rings is 1. The van der Waals surface area contributed by atoms with Gasteiger partial charge in [-0.1, -0.05) is 0 Å². The zero-order chi connectivity index (χ0) is 8.65. The third kappa shape index (κ3) is 1.53. The van der Waals surface area contributed by atoms with Crippen LogP contribution in [0.3, 0.4) is 0 Å². The van der Waals surface area contributed by atoms with E-state index in [1.165, 1.54) is 17.9 Å². The second-order valence-corrected chi connectivity index (χ2v) is 2.40. The summed E-state index contributed by atoms with van der Waals surface area (Å²) in [6, 6.07) is 0. The minimum absolute atomic E-state index is 0.639. The van der Waals surface area contributed by atoms with E-state index >= 15 is 0 Å². The van der Waals surface area contributed by atoms with E-state index in [0.717, 1.165) is 10.8 Å². The molecule has 1 heterocycles. The summed E-state index contributed by atoms with van der Waals surface area (Å²) in [6.45, 7) is 0. The molecule has 0 bridgehead atoms. The van der Waals surface area contributed by atoms with Gasteiger partial charge in [0.15, 0.2) is 0 Å². The van der Waals surface area contributed by atoms with Gasteiger partial charge >= 0.3 is 6.18 Å². The third-order valence-corrected chi connectivity index (χ3v) is 1.35. The zero-order valence-electron chi connectivity index (χ0n) is 6.18. The van der Waals surface area contributed by atoms with Gasteiger partial charge in [-0.05, 0) is 0 Å². The molecule has 0 saturated heterocycles. The summed E-state index contributed by atoms with van der Waals surface area (Å²) in [5, 5.41) is 0. The summed E-state index contributed by atoms with van der Waals surface area (Å²) in [5.41, 5.74) is -0.639. The smallest absolute Gasteiger partial charge is 0.239 e. The fraction of sp³-hybridized carbons (Fsp3) is 0.500. The van der Waals surface area contributed by atoms with Crippen molar-refractivity contribution in [2.24, 2.45) is 14.1 Å². The van der Waals surface area contributed by atoms with Crippen LogP contribution in [0, 0.1) is 0 Å². The molecule has 0 unspecified atom stereocenters. The van der Waals surface area contributed by atoms with Crippen LogP contribution in [-0.2, 0) is 20.3 Å². The Balaban J connectivity index is 3.13. The largest absolute Gasteiger partial charge is 0.457 e. The van der Waals surface area contributed by atoms with E-state index in [1.807, 2.05) is 0 Å². The van der Waals surface area contributed by atoms with Crippen LogP contribution in [0.1, 0.15) is 5.69 Å². The lowest BCUT2D eigenvalue weighted by atomic mass is 10.5. The molecule has 0 N–H and O–H groups in total. The second kappa shape index (κ2) is 2.25. The molecule has 0 aromatic carbocycles. The van der Waals surface area contributed by atoms with E-state index in [0.29, 0.717) is 0 Å². The van der Waals surface area contributed by atoms with Crippen molar-refractivity contribution < 1.29 is 17.7 Å². The first-order valence-corrected chi connectivity index (χ1v) is 3.00. The number of aryl methyl sites for hydroxylation is 2. The fourth-order valence-electron chi connectivity index (χ4n) is 0.926.